The SMILES string of the molecule is Cc1cc2c(Cl)ccc(COc3cccc(C4CCNCC4)n3)c2o1.Cc1ccc(S(=O)(=O)O)cc1. The van der Waals surface area contributed by atoms with Gasteiger partial charge in [-0.25, -0.2) is 4.98 Å². The lowest BCUT2D eigenvalue weighted by atomic mass is 9.94. The lowest BCUT2D eigenvalue weighted by Crippen LogP contribution is -2.27. The van der Waals surface area contributed by atoms with Crippen molar-refractivity contribution in [1.29, 1.82) is 0 Å². The number of aryl methyl sites for hydroxylation is 2. The first kappa shape index (κ1) is 26.2. The number of rotatable bonds is 5. The van der Waals surface area contributed by atoms with E-state index in [0.717, 1.165) is 59.5 Å². The Balaban J connectivity index is 0.000000233. The summed E-state index contributed by atoms with van der Waals surface area (Å²) in [5.41, 5.74) is 3.84. The molecule has 0 bridgehead atoms. The predicted molar refractivity (Wildman–Crippen MR) is 140 cm³/mol. The number of hydrogen-bond acceptors (Lipinski definition) is 6. The number of fused-ring (bicyclic) bond motifs is 1. The van der Waals surface area contributed by atoms with Crippen molar-refractivity contribution in [3.05, 3.63) is 88.3 Å². The van der Waals surface area contributed by atoms with Gasteiger partial charge in [0.1, 0.15) is 18.0 Å². The number of aromatic nitrogens is 1. The van der Waals surface area contributed by atoms with Gasteiger partial charge in [0.2, 0.25) is 5.88 Å². The second kappa shape index (κ2) is 11.4. The van der Waals surface area contributed by atoms with Crippen molar-refractivity contribution in [2.24, 2.45) is 0 Å². The Hall–Kier alpha value is -2.91. The number of piperidine rings is 1. The molecule has 2 N–H and O–H groups in total. The quantitative estimate of drug-likeness (QED) is 0.303. The number of hydrogen-bond donors (Lipinski definition) is 2. The van der Waals surface area contributed by atoms with E-state index >= 15 is 0 Å². The number of nitrogens with one attached hydrogen (secondary N) is 1. The van der Waals surface area contributed by atoms with Gasteiger partial charge in [-0.1, -0.05) is 41.4 Å². The predicted octanol–water partition coefficient (Wildman–Crippen LogP) is 6.08. The van der Waals surface area contributed by atoms with Crippen LogP contribution in [0.1, 0.15) is 41.3 Å². The first-order valence-electron chi connectivity index (χ1n) is 11.7. The number of benzene rings is 2. The molecule has 9 heteroatoms. The summed E-state index contributed by atoms with van der Waals surface area (Å²) in [6, 6.07) is 17.8. The van der Waals surface area contributed by atoms with Crippen LogP contribution in [0.5, 0.6) is 5.88 Å². The van der Waals surface area contributed by atoms with Crippen LogP contribution in [0.15, 0.2) is 70.0 Å². The number of furan rings is 1. The van der Waals surface area contributed by atoms with Gasteiger partial charge in [-0.2, -0.15) is 8.42 Å². The highest BCUT2D eigenvalue weighted by Gasteiger charge is 2.17. The number of nitrogens with zero attached hydrogens (tertiary/aromatic N) is 1. The fraction of sp³-hybridized carbons (Fsp3) is 0.296. The van der Waals surface area contributed by atoms with Crippen LogP contribution in [-0.4, -0.2) is 31.0 Å². The van der Waals surface area contributed by atoms with E-state index < -0.39 is 10.1 Å². The highest BCUT2D eigenvalue weighted by molar-refractivity contribution is 7.85. The summed E-state index contributed by atoms with van der Waals surface area (Å²) in [5, 5.41) is 5.01. The smallest absolute Gasteiger partial charge is 0.294 e. The van der Waals surface area contributed by atoms with Gasteiger partial charge < -0.3 is 14.5 Å². The van der Waals surface area contributed by atoms with Gasteiger partial charge in [-0.3, -0.25) is 4.55 Å². The first-order chi connectivity index (χ1) is 17.2. The average Bonchev–Trinajstić information content (AvgIpc) is 3.27. The topological polar surface area (TPSA) is 102 Å². The molecule has 2 aromatic heterocycles. The van der Waals surface area contributed by atoms with Crippen LogP contribution >= 0.6 is 11.6 Å². The Bertz CT molecular complexity index is 1430. The van der Waals surface area contributed by atoms with Crippen LogP contribution in [0.4, 0.5) is 0 Å². The third-order valence-electron chi connectivity index (χ3n) is 6.03. The lowest BCUT2D eigenvalue weighted by molar-refractivity contribution is 0.291. The van der Waals surface area contributed by atoms with Crippen LogP contribution in [0.3, 0.4) is 0 Å². The van der Waals surface area contributed by atoms with Crippen molar-refractivity contribution in [3.63, 3.8) is 0 Å². The highest BCUT2D eigenvalue weighted by Crippen LogP contribution is 2.30. The third-order valence-corrected chi connectivity index (χ3v) is 7.23. The average molecular weight is 529 g/mol. The zero-order chi connectivity index (χ0) is 25.7. The van der Waals surface area contributed by atoms with Gasteiger partial charge in [-0.05, 0) is 70.1 Å². The molecule has 0 atom stereocenters. The molecule has 1 aliphatic heterocycles. The summed E-state index contributed by atoms with van der Waals surface area (Å²) in [5.74, 6) is 2.01. The Morgan fingerprint density at radius 1 is 1.08 bits per heavy atom. The molecular weight excluding hydrogens is 500 g/mol. The molecule has 5 rings (SSSR count). The van der Waals surface area contributed by atoms with Crippen molar-refractivity contribution in [1.82, 2.24) is 10.3 Å². The van der Waals surface area contributed by atoms with Crippen molar-refractivity contribution in [3.8, 4) is 5.88 Å². The molecule has 7 nitrogen and oxygen atoms in total. The van der Waals surface area contributed by atoms with Crippen molar-refractivity contribution in [2.45, 2.75) is 44.1 Å². The van der Waals surface area contributed by atoms with E-state index in [1.54, 1.807) is 12.1 Å². The minimum atomic E-state index is -4.02. The van der Waals surface area contributed by atoms with E-state index in [9.17, 15) is 8.42 Å². The largest absolute Gasteiger partial charge is 0.473 e. The fourth-order valence-corrected chi connectivity index (χ4v) is 4.78. The fourth-order valence-electron chi connectivity index (χ4n) is 4.10. The molecule has 0 amide bonds. The molecular formula is C27H29ClN2O5S. The first-order valence-corrected chi connectivity index (χ1v) is 13.5. The summed E-state index contributed by atoms with van der Waals surface area (Å²) in [4.78, 5) is 4.64. The third kappa shape index (κ3) is 6.64. The van der Waals surface area contributed by atoms with Crippen molar-refractivity contribution < 1.29 is 22.1 Å². The molecule has 0 aliphatic carbocycles. The lowest BCUT2D eigenvalue weighted by Gasteiger charge is -2.22. The molecule has 4 aromatic rings. The van der Waals surface area contributed by atoms with Crippen molar-refractivity contribution >= 4 is 32.7 Å². The molecule has 1 aliphatic rings. The van der Waals surface area contributed by atoms with Gasteiger partial charge in [-0.15, -0.1) is 0 Å². The zero-order valence-corrected chi connectivity index (χ0v) is 21.8. The van der Waals surface area contributed by atoms with E-state index in [-0.39, 0.29) is 4.90 Å². The second-order valence-corrected chi connectivity index (χ2v) is 10.6. The maximum Gasteiger partial charge on any atom is 0.294 e. The standard InChI is InChI=1S/C20H21ClN2O2.C7H8O3S/c1-13-11-16-17(21)6-5-15(20(16)25-13)12-24-19-4-2-3-18(23-19)14-7-9-22-10-8-14;1-6-2-4-7(5-3-6)11(8,9)10/h2-6,11,14,22H,7-10,12H2,1H3;2-5H,1H3,(H,8,9,10). The minimum Gasteiger partial charge on any atom is -0.473 e. The summed E-state index contributed by atoms with van der Waals surface area (Å²) in [6.45, 7) is 6.28. The van der Waals surface area contributed by atoms with Gasteiger partial charge in [0.25, 0.3) is 10.1 Å². The van der Waals surface area contributed by atoms with Crippen LogP contribution < -0.4 is 10.1 Å². The highest BCUT2D eigenvalue weighted by atomic mass is 35.5. The Morgan fingerprint density at radius 2 is 1.81 bits per heavy atom. The minimum absolute atomic E-state index is 0.0666. The number of halogens is 1. The Kier molecular flexibility index (Phi) is 8.31. The van der Waals surface area contributed by atoms with E-state index in [0.29, 0.717) is 23.4 Å². The molecule has 1 fully saturated rings. The maximum atomic E-state index is 10.5. The molecule has 2 aromatic carbocycles. The van der Waals surface area contributed by atoms with E-state index in [2.05, 4.69) is 11.4 Å². The van der Waals surface area contributed by atoms with Gasteiger partial charge >= 0.3 is 0 Å². The molecule has 3 heterocycles. The van der Waals surface area contributed by atoms with Crippen LogP contribution in [0.2, 0.25) is 5.02 Å². The van der Waals surface area contributed by atoms with Crippen LogP contribution in [0, 0.1) is 13.8 Å². The monoisotopic (exact) mass is 528 g/mol. The molecule has 0 saturated carbocycles. The maximum absolute atomic E-state index is 10.5. The van der Waals surface area contributed by atoms with E-state index in [4.69, 9.17) is 30.3 Å². The number of pyridine rings is 1. The van der Waals surface area contributed by atoms with Gasteiger partial charge in [0.05, 0.1) is 9.92 Å². The summed E-state index contributed by atoms with van der Waals surface area (Å²) in [7, 11) is -4.02. The van der Waals surface area contributed by atoms with Crippen LogP contribution in [0.25, 0.3) is 11.0 Å². The molecule has 190 valence electrons. The summed E-state index contributed by atoms with van der Waals surface area (Å²) in [6.07, 6.45) is 2.25. The number of ether oxygens (including phenoxy) is 1. The molecule has 36 heavy (non-hydrogen) atoms. The van der Waals surface area contributed by atoms with E-state index in [1.165, 1.54) is 12.1 Å². The second-order valence-electron chi connectivity index (χ2n) is 8.81. The molecule has 0 spiro atoms. The molecule has 1 saturated heterocycles. The van der Waals surface area contributed by atoms with Crippen molar-refractivity contribution in [2.75, 3.05) is 13.1 Å². The Labute approximate surface area is 216 Å². The van der Waals surface area contributed by atoms with Gasteiger partial charge in [0.15, 0.2) is 0 Å². The zero-order valence-electron chi connectivity index (χ0n) is 20.2. The summed E-state index contributed by atoms with van der Waals surface area (Å²) >= 11 is 6.25. The summed E-state index contributed by atoms with van der Waals surface area (Å²) < 4.78 is 41.3. The van der Waals surface area contributed by atoms with Crippen LogP contribution in [-0.2, 0) is 16.7 Å². The van der Waals surface area contributed by atoms with E-state index in [1.807, 2.05) is 44.2 Å². The molecule has 0 radical (unpaired) electrons. The molecule has 0 unspecified atom stereocenters. The van der Waals surface area contributed by atoms with Gasteiger partial charge in [0, 0.05) is 28.6 Å². The normalized spacial score (nSPS) is 14.3. The Morgan fingerprint density at radius 3 is 2.50 bits per heavy atom.